The zero-order chi connectivity index (χ0) is 11.7. The van der Waals surface area contributed by atoms with Crippen LogP contribution in [-0.4, -0.2) is 38.0 Å². The molecule has 0 aromatic heterocycles. The van der Waals surface area contributed by atoms with Crippen LogP contribution in [0.4, 0.5) is 17.6 Å². The van der Waals surface area contributed by atoms with Crippen LogP contribution in [0.15, 0.2) is 0 Å². The van der Waals surface area contributed by atoms with E-state index in [-0.39, 0.29) is 5.88 Å². The molecule has 1 saturated heterocycles. The Morgan fingerprint density at radius 1 is 1.13 bits per heavy atom. The lowest BCUT2D eigenvalue weighted by molar-refractivity contribution is -0.427. The Balaban J connectivity index is 2.85. The molecule has 2 atom stereocenters. The van der Waals surface area contributed by atoms with Gasteiger partial charge in [-0.05, 0) is 0 Å². The minimum Gasteiger partial charge on any atom is -0.320 e. The molecule has 1 rings (SSSR count). The Labute approximate surface area is 87.0 Å². The summed E-state index contributed by atoms with van der Waals surface area (Å²) in [7, 11) is 0.614. The number of rotatable bonds is 4. The Hall–Kier alpha value is -0.150. The second kappa shape index (κ2) is 4.02. The van der Waals surface area contributed by atoms with Gasteiger partial charge in [0, 0.05) is 13.0 Å². The molecule has 90 valence electrons. The molecular weight excluding hydrogens is 248 g/mol. The molecule has 4 nitrogen and oxygen atoms in total. The van der Waals surface area contributed by atoms with Crippen LogP contribution in [0.25, 0.3) is 0 Å². The zero-order valence-corrected chi connectivity index (χ0v) is 8.19. The number of methoxy groups -OCH3 is 1. The maximum absolute atomic E-state index is 13.4. The van der Waals surface area contributed by atoms with Gasteiger partial charge >= 0.3 is 18.4 Å². The van der Waals surface area contributed by atoms with Gasteiger partial charge in [-0.2, -0.15) is 8.78 Å². The summed E-state index contributed by atoms with van der Waals surface area (Å²) in [5.74, 6) is -0.250. The highest BCUT2D eigenvalue weighted by Crippen LogP contribution is 2.48. The quantitative estimate of drug-likeness (QED) is 0.566. The smallest absolute Gasteiger partial charge is 0.320 e. The maximum atomic E-state index is 13.4. The zero-order valence-electron chi connectivity index (χ0n) is 7.44. The van der Waals surface area contributed by atoms with Gasteiger partial charge in [-0.1, -0.05) is 0 Å². The van der Waals surface area contributed by atoms with Crippen LogP contribution < -0.4 is 0 Å². The Bertz CT molecular complexity index is 243. The first-order valence-corrected chi connectivity index (χ1v) is 4.23. The van der Waals surface area contributed by atoms with Gasteiger partial charge < -0.3 is 9.47 Å². The lowest BCUT2D eigenvalue weighted by atomic mass is 10.5. The SMILES string of the molecule is COC1(F)OC(F)(F)OC1(F)OCCCl. The fourth-order valence-corrected chi connectivity index (χ4v) is 0.975. The third kappa shape index (κ3) is 2.34. The van der Waals surface area contributed by atoms with E-state index in [0.717, 1.165) is 0 Å². The second-order valence-electron chi connectivity index (χ2n) is 2.48. The normalized spacial score (nSPS) is 39.6. The molecule has 2 unspecified atom stereocenters. The maximum Gasteiger partial charge on any atom is 0.494 e. The summed E-state index contributed by atoms with van der Waals surface area (Å²) in [5.41, 5.74) is 0. The fraction of sp³-hybridized carbons (Fsp3) is 1.00. The van der Waals surface area contributed by atoms with Gasteiger partial charge in [-0.25, -0.2) is 9.47 Å². The predicted octanol–water partition coefficient (Wildman–Crippen LogP) is 1.73. The number of hydrogen-bond donors (Lipinski definition) is 0. The first-order valence-electron chi connectivity index (χ1n) is 3.69. The number of hydrogen-bond acceptors (Lipinski definition) is 4. The van der Waals surface area contributed by atoms with Crippen molar-refractivity contribution >= 4 is 11.6 Å². The van der Waals surface area contributed by atoms with Crippen LogP contribution in [0.5, 0.6) is 0 Å². The summed E-state index contributed by atoms with van der Waals surface area (Å²) in [4.78, 5) is 0. The van der Waals surface area contributed by atoms with E-state index in [1.165, 1.54) is 0 Å². The van der Waals surface area contributed by atoms with E-state index in [9.17, 15) is 17.6 Å². The van der Waals surface area contributed by atoms with E-state index in [4.69, 9.17) is 11.6 Å². The number of ether oxygens (including phenoxy) is 4. The summed E-state index contributed by atoms with van der Waals surface area (Å²) in [5, 5.41) is 0. The fourth-order valence-electron chi connectivity index (χ4n) is 0.897. The largest absolute Gasteiger partial charge is 0.494 e. The van der Waals surface area contributed by atoms with E-state index >= 15 is 0 Å². The van der Waals surface area contributed by atoms with Crippen LogP contribution in [0.2, 0.25) is 0 Å². The Kier molecular flexibility index (Phi) is 3.46. The lowest BCUT2D eigenvalue weighted by Crippen LogP contribution is -2.48. The van der Waals surface area contributed by atoms with Gasteiger partial charge in [0.25, 0.3) is 0 Å². The molecule has 0 saturated carbocycles. The van der Waals surface area contributed by atoms with Crippen molar-refractivity contribution in [1.29, 1.82) is 0 Å². The minimum atomic E-state index is -4.48. The average Bonchev–Trinajstić information content (AvgIpc) is 2.30. The topological polar surface area (TPSA) is 36.9 Å². The number of alkyl halides is 5. The molecular formula is C6H7ClF4O4. The van der Waals surface area contributed by atoms with Crippen LogP contribution in [0, 0.1) is 0 Å². The monoisotopic (exact) mass is 254 g/mol. The first kappa shape index (κ1) is 12.9. The van der Waals surface area contributed by atoms with E-state index in [2.05, 4.69) is 18.9 Å². The molecule has 0 aromatic carbocycles. The van der Waals surface area contributed by atoms with Crippen molar-refractivity contribution in [3.8, 4) is 0 Å². The second-order valence-corrected chi connectivity index (χ2v) is 2.86. The Morgan fingerprint density at radius 3 is 2.13 bits per heavy atom. The molecule has 0 aliphatic carbocycles. The molecule has 1 aliphatic rings. The molecule has 0 N–H and O–H groups in total. The third-order valence-corrected chi connectivity index (χ3v) is 1.64. The molecule has 0 aromatic rings. The molecule has 0 amide bonds. The summed E-state index contributed by atoms with van der Waals surface area (Å²) in [6, 6.07) is -7.71. The molecule has 0 radical (unpaired) electrons. The van der Waals surface area contributed by atoms with Crippen molar-refractivity contribution in [3.63, 3.8) is 0 Å². The van der Waals surface area contributed by atoms with E-state index in [0.29, 0.717) is 7.11 Å². The standard InChI is InChI=1S/C6H7ClF4O4/c1-12-4(8)5(9,13-3-2-7)15-6(10,11)14-4/h2-3H2,1H3. The predicted molar refractivity (Wildman–Crippen MR) is 38.5 cm³/mol. The summed E-state index contributed by atoms with van der Waals surface area (Å²) in [6.45, 7) is -0.563. The summed E-state index contributed by atoms with van der Waals surface area (Å²) in [6.07, 6.45) is -4.48. The van der Waals surface area contributed by atoms with Crippen molar-refractivity contribution in [2.24, 2.45) is 0 Å². The van der Waals surface area contributed by atoms with Gasteiger partial charge in [-0.3, -0.25) is 0 Å². The van der Waals surface area contributed by atoms with Crippen LogP contribution in [-0.2, 0) is 18.9 Å². The van der Waals surface area contributed by atoms with Crippen molar-refractivity contribution < 1.29 is 36.5 Å². The molecule has 0 bridgehead atoms. The minimum absolute atomic E-state index is 0.250. The van der Waals surface area contributed by atoms with Crippen molar-refractivity contribution in [1.82, 2.24) is 0 Å². The molecule has 0 spiro atoms. The van der Waals surface area contributed by atoms with Gasteiger partial charge in [0.05, 0.1) is 6.61 Å². The highest BCUT2D eigenvalue weighted by molar-refractivity contribution is 6.17. The Morgan fingerprint density at radius 2 is 1.67 bits per heavy atom. The van der Waals surface area contributed by atoms with E-state index < -0.39 is 25.0 Å². The van der Waals surface area contributed by atoms with E-state index in [1.54, 1.807) is 0 Å². The third-order valence-electron chi connectivity index (χ3n) is 1.48. The summed E-state index contributed by atoms with van der Waals surface area (Å²) < 4.78 is 66.1. The van der Waals surface area contributed by atoms with Gasteiger partial charge in [0.1, 0.15) is 0 Å². The lowest BCUT2D eigenvalue weighted by Gasteiger charge is -2.25. The molecule has 1 heterocycles. The highest BCUT2D eigenvalue weighted by atomic mass is 35.5. The van der Waals surface area contributed by atoms with E-state index in [1.807, 2.05) is 0 Å². The summed E-state index contributed by atoms with van der Waals surface area (Å²) >= 11 is 5.11. The molecule has 9 heteroatoms. The van der Waals surface area contributed by atoms with Crippen molar-refractivity contribution in [3.05, 3.63) is 0 Å². The highest BCUT2D eigenvalue weighted by Gasteiger charge is 2.74. The van der Waals surface area contributed by atoms with Crippen molar-refractivity contribution in [2.45, 2.75) is 18.4 Å². The van der Waals surface area contributed by atoms with Gasteiger partial charge in [0.15, 0.2) is 0 Å². The number of halogens is 5. The first-order chi connectivity index (χ1) is 6.79. The van der Waals surface area contributed by atoms with Gasteiger partial charge in [0.2, 0.25) is 0 Å². The molecule has 15 heavy (non-hydrogen) atoms. The van der Waals surface area contributed by atoms with Crippen LogP contribution in [0.1, 0.15) is 0 Å². The van der Waals surface area contributed by atoms with Crippen LogP contribution in [0.3, 0.4) is 0 Å². The van der Waals surface area contributed by atoms with Crippen LogP contribution >= 0.6 is 11.6 Å². The average molecular weight is 255 g/mol. The van der Waals surface area contributed by atoms with Gasteiger partial charge in [-0.15, -0.1) is 20.4 Å². The molecule has 1 aliphatic heterocycles. The molecule has 1 fully saturated rings. The van der Waals surface area contributed by atoms with Crippen molar-refractivity contribution in [2.75, 3.05) is 19.6 Å².